The van der Waals surface area contributed by atoms with Crippen LogP contribution >= 0.6 is 0 Å². The third-order valence-corrected chi connectivity index (χ3v) is 3.69. The topological polar surface area (TPSA) is 29.3 Å². The van der Waals surface area contributed by atoms with Crippen LogP contribution in [0.4, 0.5) is 5.69 Å². The number of hydrogen-bond donors (Lipinski definition) is 1. The van der Waals surface area contributed by atoms with Gasteiger partial charge in [0, 0.05) is 25.3 Å². The van der Waals surface area contributed by atoms with Gasteiger partial charge in [0.15, 0.2) is 0 Å². The molecule has 2 heteroatoms. The molecule has 2 unspecified atom stereocenters. The van der Waals surface area contributed by atoms with E-state index in [2.05, 4.69) is 30.1 Å². The summed E-state index contributed by atoms with van der Waals surface area (Å²) in [6, 6.07) is 6.84. The quantitative estimate of drug-likeness (QED) is 0.675. The summed E-state index contributed by atoms with van der Waals surface area (Å²) in [5, 5.41) is 0. The Hall–Kier alpha value is -1.02. The minimum atomic E-state index is 0.279. The third kappa shape index (κ3) is 0.947. The van der Waals surface area contributed by atoms with E-state index in [0.717, 1.165) is 12.3 Å². The van der Waals surface area contributed by atoms with Gasteiger partial charge in [0.25, 0.3) is 0 Å². The SMILES string of the molecule is CN1CCC2CC(N)c3cccc1c32. The highest BCUT2D eigenvalue weighted by molar-refractivity contribution is 5.62. The molecule has 0 bridgehead atoms. The summed E-state index contributed by atoms with van der Waals surface area (Å²) in [4.78, 5) is 2.35. The Morgan fingerprint density at radius 2 is 2.29 bits per heavy atom. The van der Waals surface area contributed by atoms with Gasteiger partial charge in [-0.25, -0.2) is 0 Å². The summed E-state index contributed by atoms with van der Waals surface area (Å²) in [6.45, 7) is 1.17. The van der Waals surface area contributed by atoms with Crippen molar-refractivity contribution in [3.63, 3.8) is 0 Å². The van der Waals surface area contributed by atoms with Gasteiger partial charge >= 0.3 is 0 Å². The summed E-state index contributed by atoms with van der Waals surface area (Å²) in [5.74, 6) is 0.729. The van der Waals surface area contributed by atoms with Crippen LogP contribution in [-0.4, -0.2) is 13.6 Å². The fraction of sp³-hybridized carbons (Fsp3) is 0.500. The van der Waals surface area contributed by atoms with E-state index in [0.29, 0.717) is 0 Å². The Labute approximate surface area is 84.7 Å². The standard InChI is InChI=1S/C12H16N2/c1-14-6-5-8-7-10(13)9-3-2-4-11(14)12(8)9/h2-4,8,10H,5-7,13H2,1H3. The molecule has 0 fully saturated rings. The van der Waals surface area contributed by atoms with Crippen LogP contribution in [0.15, 0.2) is 18.2 Å². The minimum Gasteiger partial charge on any atom is -0.374 e. The van der Waals surface area contributed by atoms with Crippen molar-refractivity contribution in [3.8, 4) is 0 Å². The molecule has 14 heavy (non-hydrogen) atoms. The fourth-order valence-corrected chi connectivity index (χ4v) is 2.95. The minimum absolute atomic E-state index is 0.279. The monoisotopic (exact) mass is 188 g/mol. The molecule has 1 aliphatic heterocycles. The molecular formula is C12H16N2. The highest BCUT2D eigenvalue weighted by atomic mass is 15.1. The van der Waals surface area contributed by atoms with E-state index in [1.165, 1.54) is 29.8 Å². The van der Waals surface area contributed by atoms with Crippen LogP contribution < -0.4 is 10.6 Å². The third-order valence-electron chi connectivity index (χ3n) is 3.69. The largest absolute Gasteiger partial charge is 0.374 e. The predicted molar refractivity (Wildman–Crippen MR) is 58.6 cm³/mol. The lowest BCUT2D eigenvalue weighted by Gasteiger charge is -2.30. The molecule has 1 aromatic rings. The molecule has 1 aromatic carbocycles. The maximum atomic E-state index is 6.14. The van der Waals surface area contributed by atoms with E-state index >= 15 is 0 Å². The predicted octanol–water partition coefficient (Wildman–Crippen LogP) is 2.01. The first kappa shape index (κ1) is 8.30. The maximum Gasteiger partial charge on any atom is 0.0402 e. The van der Waals surface area contributed by atoms with E-state index in [1.807, 2.05) is 0 Å². The van der Waals surface area contributed by atoms with E-state index in [4.69, 9.17) is 5.73 Å². The first-order valence-corrected chi connectivity index (χ1v) is 5.37. The van der Waals surface area contributed by atoms with E-state index in [-0.39, 0.29) is 6.04 Å². The van der Waals surface area contributed by atoms with Crippen molar-refractivity contribution in [2.24, 2.45) is 5.73 Å². The molecule has 0 saturated carbocycles. The van der Waals surface area contributed by atoms with Crippen LogP contribution in [-0.2, 0) is 0 Å². The van der Waals surface area contributed by atoms with Crippen LogP contribution in [0.1, 0.15) is 35.9 Å². The number of nitrogens with two attached hydrogens (primary N) is 1. The van der Waals surface area contributed by atoms with Crippen LogP contribution in [0.2, 0.25) is 0 Å². The normalized spacial score (nSPS) is 29.1. The Balaban J connectivity index is 2.22. The molecular weight excluding hydrogens is 172 g/mol. The molecule has 0 amide bonds. The van der Waals surface area contributed by atoms with Gasteiger partial charge in [-0.2, -0.15) is 0 Å². The molecule has 1 aliphatic carbocycles. The summed E-state index contributed by atoms with van der Waals surface area (Å²) < 4.78 is 0. The first-order valence-electron chi connectivity index (χ1n) is 5.37. The number of nitrogens with zero attached hydrogens (tertiary/aromatic N) is 1. The zero-order chi connectivity index (χ0) is 9.71. The fourth-order valence-electron chi connectivity index (χ4n) is 2.95. The van der Waals surface area contributed by atoms with Crippen molar-refractivity contribution in [1.82, 2.24) is 0 Å². The van der Waals surface area contributed by atoms with Crippen molar-refractivity contribution >= 4 is 5.69 Å². The lowest BCUT2D eigenvalue weighted by molar-refractivity contribution is 0.552. The number of benzene rings is 1. The smallest absolute Gasteiger partial charge is 0.0402 e. The lowest BCUT2D eigenvalue weighted by atomic mass is 9.92. The van der Waals surface area contributed by atoms with Crippen LogP contribution in [0.3, 0.4) is 0 Å². The highest BCUT2D eigenvalue weighted by Gasteiger charge is 2.34. The van der Waals surface area contributed by atoms with E-state index in [1.54, 1.807) is 0 Å². The maximum absolute atomic E-state index is 6.14. The van der Waals surface area contributed by atoms with Gasteiger partial charge in [-0.15, -0.1) is 0 Å². The summed E-state index contributed by atoms with van der Waals surface area (Å²) in [6.07, 6.45) is 2.42. The van der Waals surface area contributed by atoms with Crippen molar-refractivity contribution in [2.75, 3.05) is 18.5 Å². The first-order chi connectivity index (χ1) is 6.77. The zero-order valence-electron chi connectivity index (χ0n) is 8.53. The second-order valence-corrected chi connectivity index (χ2v) is 4.53. The van der Waals surface area contributed by atoms with Gasteiger partial charge in [0.1, 0.15) is 0 Å². The van der Waals surface area contributed by atoms with Crippen molar-refractivity contribution < 1.29 is 0 Å². The molecule has 1 heterocycles. The van der Waals surface area contributed by atoms with Gasteiger partial charge < -0.3 is 10.6 Å². The van der Waals surface area contributed by atoms with E-state index in [9.17, 15) is 0 Å². The second kappa shape index (κ2) is 2.74. The van der Waals surface area contributed by atoms with Crippen LogP contribution in [0.25, 0.3) is 0 Å². The Morgan fingerprint density at radius 1 is 1.43 bits per heavy atom. The second-order valence-electron chi connectivity index (χ2n) is 4.53. The Kier molecular flexibility index (Phi) is 1.62. The van der Waals surface area contributed by atoms with E-state index < -0.39 is 0 Å². The van der Waals surface area contributed by atoms with Gasteiger partial charge in [0.2, 0.25) is 0 Å². The zero-order valence-corrected chi connectivity index (χ0v) is 8.53. The highest BCUT2D eigenvalue weighted by Crippen LogP contribution is 2.47. The number of rotatable bonds is 0. The Morgan fingerprint density at radius 3 is 3.14 bits per heavy atom. The summed E-state index contributed by atoms with van der Waals surface area (Å²) in [7, 11) is 2.18. The van der Waals surface area contributed by atoms with Crippen molar-refractivity contribution in [3.05, 3.63) is 29.3 Å². The number of hydrogen-bond acceptors (Lipinski definition) is 2. The summed E-state index contributed by atoms with van der Waals surface area (Å²) in [5.41, 5.74) is 10.5. The molecule has 3 rings (SSSR count). The molecule has 2 nitrogen and oxygen atoms in total. The molecule has 74 valence electrons. The molecule has 2 atom stereocenters. The lowest BCUT2D eigenvalue weighted by Crippen LogP contribution is -2.26. The summed E-state index contributed by atoms with van der Waals surface area (Å²) >= 11 is 0. The average Bonchev–Trinajstić information content (AvgIpc) is 2.52. The molecule has 2 N–H and O–H groups in total. The van der Waals surface area contributed by atoms with Gasteiger partial charge in [0.05, 0.1) is 0 Å². The molecule has 0 radical (unpaired) electrons. The van der Waals surface area contributed by atoms with Gasteiger partial charge in [-0.3, -0.25) is 0 Å². The van der Waals surface area contributed by atoms with Gasteiger partial charge in [-0.05, 0) is 36.0 Å². The van der Waals surface area contributed by atoms with Crippen LogP contribution in [0, 0.1) is 0 Å². The van der Waals surface area contributed by atoms with Crippen LogP contribution in [0.5, 0.6) is 0 Å². The average molecular weight is 188 g/mol. The molecule has 2 aliphatic rings. The van der Waals surface area contributed by atoms with Crippen molar-refractivity contribution in [2.45, 2.75) is 24.8 Å². The van der Waals surface area contributed by atoms with Crippen molar-refractivity contribution in [1.29, 1.82) is 0 Å². The molecule has 0 aromatic heterocycles. The van der Waals surface area contributed by atoms with Gasteiger partial charge in [-0.1, -0.05) is 12.1 Å². The molecule has 0 saturated heterocycles. The number of anilines is 1. The Bertz CT molecular complexity index is 373. The molecule has 0 spiro atoms.